The van der Waals surface area contributed by atoms with E-state index >= 15 is 0 Å². The predicted molar refractivity (Wildman–Crippen MR) is 37.5 cm³/mol. The lowest BCUT2D eigenvalue weighted by atomic mass is 10.3. The van der Waals surface area contributed by atoms with Crippen LogP contribution in [0.25, 0.3) is 0 Å². The molecule has 0 aliphatic heterocycles. The molecule has 65 valence electrons. The topological polar surface area (TPSA) is 0 Å². The van der Waals surface area contributed by atoms with Crippen LogP contribution >= 0.6 is 11.8 Å². The minimum absolute atomic E-state index is 0.355. The van der Waals surface area contributed by atoms with Gasteiger partial charge in [0.1, 0.15) is 0 Å². The molecule has 0 N–H and O–H groups in total. The quantitative estimate of drug-likeness (QED) is 0.287. The van der Waals surface area contributed by atoms with Crippen molar-refractivity contribution in [2.75, 3.05) is 0 Å². The highest BCUT2D eigenvalue weighted by molar-refractivity contribution is 8.00. The Balaban J connectivity index is 3.39. The van der Waals surface area contributed by atoms with Crippen LogP contribution in [0, 0.1) is 29.5 Å². The highest BCUT2D eigenvalue weighted by Gasteiger charge is 2.17. The molecule has 1 aromatic carbocycles. The largest absolute Gasteiger partial charge is 0.204 e. The minimum atomic E-state index is -1.80. The fourth-order valence-electron chi connectivity index (χ4n) is 0.656. The summed E-state index contributed by atoms with van der Waals surface area (Å²) >= 11 is 0.561. The fraction of sp³-hybridized carbons (Fsp3) is 0. The van der Waals surface area contributed by atoms with E-state index < -0.39 is 23.3 Å². The fourth-order valence-corrected chi connectivity index (χ4v) is 1.06. The van der Waals surface area contributed by atoms with Gasteiger partial charge in [0.15, 0.2) is 23.3 Å². The van der Waals surface area contributed by atoms with Gasteiger partial charge >= 0.3 is 0 Å². The Labute approximate surface area is 70.6 Å². The van der Waals surface area contributed by atoms with Crippen LogP contribution in [0.2, 0.25) is 0 Å². The monoisotopic (exact) mass is 195 g/mol. The molecule has 1 aromatic rings. The summed E-state index contributed by atoms with van der Waals surface area (Å²) in [5.41, 5.74) is 0. The Bertz CT molecular complexity index is 311. The first kappa shape index (κ1) is 9.38. The van der Waals surface area contributed by atoms with Gasteiger partial charge < -0.3 is 0 Å². The van der Waals surface area contributed by atoms with Crippen LogP contribution in [-0.2, 0) is 0 Å². The van der Waals surface area contributed by atoms with E-state index in [1.807, 2.05) is 0 Å². The summed E-state index contributed by atoms with van der Waals surface area (Å²) in [6, 6.07) is 0.561. The molecule has 0 spiro atoms. The van der Waals surface area contributed by atoms with Crippen molar-refractivity contribution < 1.29 is 17.6 Å². The highest BCUT2D eigenvalue weighted by atomic mass is 32.2. The molecule has 12 heavy (non-hydrogen) atoms. The van der Waals surface area contributed by atoms with Crippen LogP contribution in [-0.4, -0.2) is 0 Å². The molecule has 0 saturated carbocycles. The second-order valence-corrected chi connectivity index (χ2v) is 2.67. The lowest BCUT2D eigenvalue weighted by Gasteiger charge is -2.01. The van der Waals surface area contributed by atoms with Gasteiger partial charge in [-0.25, -0.2) is 17.6 Å². The summed E-state index contributed by atoms with van der Waals surface area (Å²) in [7, 11) is 0. The Morgan fingerprint density at radius 3 is 2.08 bits per heavy atom. The lowest BCUT2D eigenvalue weighted by Crippen LogP contribution is -1.96. The molecule has 0 atom stereocenters. The van der Waals surface area contributed by atoms with Gasteiger partial charge in [-0.2, -0.15) is 0 Å². The van der Waals surface area contributed by atoms with Crippen LogP contribution in [0.4, 0.5) is 17.6 Å². The highest BCUT2D eigenvalue weighted by Crippen LogP contribution is 2.25. The molecule has 0 heterocycles. The van der Waals surface area contributed by atoms with Crippen LogP contribution in [0.15, 0.2) is 11.0 Å². The number of halogens is 4. The molecule has 1 radical (unpaired) electrons. The second-order valence-electron chi connectivity index (χ2n) is 1.94. The summed E-state index contributed by atoms with van der Waals surface area (Å²) in [4.78, 5) is -0.355. The maximum absolute atomic E-state index is 12.6. The first-order valence-corrected chi connectivity index (χ1v) is 3.81. The summed E-state index contributed by atoms with van der Waals surface area (Å²) in [6.45, 7) is 0. The standard InChI is InChI=1S/C7H3F4S/c1-12-4-2-3(8)5(9)7(11)6(4)10/h2H,1H2. The van der Waals surface area contributed by atoms with Gasteiger partial charge in [-0.15, -0.1) is 11.8 Å². The summed E-state index contributed by atoms with van der Waals surface area (Å²) in [6.07, 6.45) is 3.15. The summed E-state index contributed by atoms with van der Waals surface area (Å²) in [5, 5.41) is 0. The first-order valence-electron chi connectivity index (χ1n) is 2.83. The van der Waals surface area contributed by atoms with E-state index in [9.17, 15) is 17.6 Å². The van der Waals surface area contributed by atoms with Gasteiger partial charge in [0.05, 0.1) is 0 Å². The molecule has 1 rings (SSSR count). The van der Waals surface area contributed by atoms with E-state index in [1.165, 1.54) is 0 Å². The van der Waals surface area contributed by atoms with Crippen LogP contribution < -0.4 is 0 Å². The smallest absolute Gasteiger partial charge is 0.198 e. The molecular weight excluding hydrogens is 192 g/mol. The maximum Gasteiger partial charge on any atom is 0.198 e. The summed E-state index contributed by atoms with van der Waals surface area (Å²) in [5.74, 6) is -6.43. The number of thioether (sulfide) groups is 1. The van der Waals surface area contributed by atoms with E-state index in [1.54, 1.807) is 0 Å². The van der Waals surface area contributed by atoms with E-state index in [0.29, 0.717) is 17.8 Å². The number of hydrogen-bond donors (Lipinski definition) is 0. The zero-order valence-corrected chi connectivity index (χ0v) is 6.52. The molecule has 0 aliphatic rings. The number of rotatable bonds is 1. The Kier molecular flexibility index (Phi) is 2.62. The van der Waals surface area contributed by atoms with E-state index in [2.05, 4.69) is 6.26 Å². The minimum Gasteiger partial charge on any atom is -0.204 e. The molecule has 0 bridgehead atoms. The van der Waals surface area contributed by atoms with E-state index in [0.717, 1.165) is 0 Å². The van der Waals surface area contributed by atoms with Crippen molar-refractivity contribution in [3.8, 4) is 0 Å². The molecule has 0 saturated heterocycles. The van der Waals surface area contributed by atoms with Gasteiger partial charge in [0, 0.05) is 11.2 Å². The maximum atomic E-state index is 12.6. The van der Waals surface area contributed by atoms with Gasteiger partial charge in [0.2, 0.25) is 0 Å². The van der Waals surface area contributed by atoms with E-state index in [4.69, 9.17) is 0 Å². The first-order chi connectivity index (χ1) is 5.57. The van der Waals surface area contributed by atoms with Crippen molar-refractivity contribution in [2.24, 2.45) is 0 Å². The Morgan fingerprint density at radius 1 is 1.00 bits per heavy atom. The van der Waals surface area contributed by atoms with Crippen LogP contribution in [0.3, 0.4) is 0 Å². The van der Waals surface area contributed by atoms with Crippen molar-refractivity contribution in [1.29, 1.82) is 0 Å². The van der Waals surface area contributed by atoms with Gasteiger partial charge in [0.25, 0.3) is 0 Å². The summed E-state index contributed by atoms with van der Waals surface area (Å²) < 4.78 is 49.7. The predicted octanol–water partition coefficient (Wildman–Crippen LogP) is 3.13. The number of hydrogen-bond acceptors (Lipinski definition) is 1. The van der Waals surface area contributed by atoms with Crippen LogP contribution in [0.5, 0.6) is 0 Å². The molecule has 0 nitrogen and oxygen atoms in total. The number of benzene rings is 1. The molecule has 5 heteroatoms. The third kappa shape index (κ3) is 1.41. The van der Waals surface area contributed by atoms with Crippen molar-refractivity contribution in [3.63, 3.8) is 0 Å². The molecule has 0 aliphatic carbocycles. The normalized spacial score (nSPS) is 10.4. The Hall–Kier alpha value is -0.710. The average Bonchev–Trinajstić information content (AvgIpc) is 2.08. The van der Waals surface area contributed by atoms with Crippen molar-refractivity contribution in [1.82, 2.24) is 0 Å². The van der Waals surface area contributed by atoms with Gasteiger partial charge in [-0.3, -0.25) is 0 Å². The molecular formula is C7H3F4S. The van der Waals surface area contributed by atoms with E-state index in [-0.39, 0.29) is 4.90 Å². The Morgan fingerprint density at radius 2 is 1.58 bits per heavy atom. The molecule has 0 unspecified atom stereocenters. The average molecular weight is 195 g/mol. The SMILES string of the molecule is [CH2]Sc1cc(F)c(F)c(F)c1F. The third-order valence-corrected chi connectivity index (χ3v) is 1.83. The van der Waals surface area contributed by atoms with Crippen molar-refractivity contribution >= 4 is 11.8 Å². The molecule has 0 aromatic heterocycles. The van der Waals surface area contributed by atoms with Gasteiger partial charge in [-0.1, -0.05) is 0 Å². The van der Waals surface area contributed by atoms with Crippen molar-refractivity contribution in [3.05, 3.63) is 35.6 Å². The third-order valence-electron chi connectivity index (χ3n) is 1.22. The zero-order chi connectivity index (χ0) is 9.30. The molecule has 0 amide bonds. The van der Waals surface area contributed by atoms with Crippen molar-refractivity contribution in [2.45, 2.75) is 4.90 Å². The lowest BCUT2D eigenvalue weighted by molar-refractivity contribution is 0.398. The van der Waals surface area contributed by atoms with Gasteiger partial charge in [-0.05, 0) is 6.07 Å². The second kappa shape index (κ2) is 3.35. The molecule has 0 fully saturated rings. The zero-order valence-electron chi connectivity index (χ0n) is 5.70. The van der Waals surface area contributed by atoms with Crippen LogP contribution in [0.1, 0.15) is 0 Å².